The van der Waals surface area contributed by atoms with Gasteiger partial charge in [0.25, 0.3) is 0 Å². The van der Waals surface area contributed by atoms with Gasteiger partial charge in [0.15, 0.2) is 11.5 Å². The molecule has 0 fully saturated rings. The molecular weight excluding hydrogens is 268 g/mol. The van der Waals surface area contributed by atoms with Crippen molar-refractivity contribution in [2.45, 2.75) is 27.7 Å². The number of anilines is 1. The number of nitrogens with zero attached hydrogens (tertiary/aromatic N) is 1. The van der Waals surface area contributed by atoms with Gasteiger partial charge in [-0.15, -0.1) is 0 Å². The first-order valence-corrected chi connectivity index (χ1v) is 7.41. The molecule has 0 radical (unpaired) electrons. The SMILES string of the molecule is CC(C)CN(CC(C)C)C(=O)Nc1ccc2c(c1)OCO2. The molecule has 2 amide bonds. The number of fused-ring (bicyclic) bond motifs is 1. The Hall–Kier alpha value is -1.91. The van der Waals surface area contributed by atoms with Crippen LogP contribution < -0.4 is 14.8 Å². The summed E-state index contributed by atoms with van der Waals surface area (Å²) in [5.74, 6) is 2.26. The van der Waals surface area contributed by atoms with Gasteiger partial charge in [0.1, 0.15) is 0 Å². The predicted molar refractivity (Wildman–Crippen MR) is 82.8 cm³/mol. The van der Waals surface area contributed by atoms with E-state index in [1.165, 1.54) is 0 Å². The van der Waals surface area contributed by atoms with Crippen LogP contribution in [-0.4, -0.2) is 30.8 Å². The van der Waals surface area contributed by atoms with Crippen molar-refractivity contribution in [2.24, 2.45) is 11.8 Å². The predicted octanol–water partition coefficient (Wildman–Crippen LogP) is 3.56. The monoisotopic (exact) mass is 292 g/mol. The molecule has 21 heavy (non-hydrogen) atoms. The molecule has 116 valence electrons. The minimum Gasteiger partial charge on any atom is -0.454 e. The molecule has 1 aromatic carbocycles. The number of carbonyl (C=O) groups excluding carboxylic acids is 1. The van der Waals surface area contributed by atoms with Gasteiger partial charge in [0.2, 0.25) is 6.79 Å². The molecule has 0 atom stereocenters. The Morgan fingerprint density at radius 1 is 1.14 bits per heavy atom. The van der Waals surface area contributed by atoms with E-state index in [-0.39, 0.29) is 12.8 Å². The van der Waals surface area contributed by atoms with Crippen LogP contribution in [0, 0.1) is 11.8 Å². The van der Waals surface area contributed by atoms with E-state index in [0.29, 0.717) is 23.3 Å². The maximum atomic E-state index is 12.4. The summed E-state index contributed by atoms with van der Waals surface area (Å²) in [5, 5.41) is 2.93. The summed E-state index contributed by atoms with van der Waals surface area (Å²) in [5.41, 5.74) is 0.724. The molecule has 0 spiro atoms. The summed E-state index contributed by atoms with van der Waals surface area (Å²) in [7, 11) is 0. The minimum atomic E-state index is -0.0729. The third-order valence-electron chi connectivity index (χ3n) is 3.08. The first kappa shape index (κ1) is 15.5. The lowest BCUT2D eigenvalue weighted by Crippen LogP contribution is -2.39. The van der Waals surface area contributed by atoms with E-state index in [9.17, 15) is 4.79 Å². The zero-order valence-corrected chi connectivity index (χ0v) is 13.2. The van der Waals surface area contributed by atoms with Crippen LogP contribution in [-0.2, 0) is 0 Å². The molecule has 1 aromatic rings. The first-order chi connectivity index (χ1) is 9.95. The average Bonchev–Trinajstić information content (AvgIpc) is 2.84. The largest absolute Gasteiger partial charge is 0.454 e. The van der Waals surface area contributed by atoms with Crippen molar-refractivity contribution in [1.29, 1.82) is 0 Å². The lowest BCUT2D eigenvalue weighted by Gasteiger charge is -2.26. The first-order valence-electron chi connectivity index (χ1n) is 7.41. The molecule has 5 heteroatoms. The highest BCUT2D eigenvalue weighted by Crippen LogP contribution is 2.34. The molecule has 1 heterocycles. The van der Waals surface area contributed by atoms with Gasteiger partial charge in [-0.2, -0.15) is 0 Å². The van der Waals surface area contributed by atoms with Gasteiger partial charge in [-0.3, -0.25) is 0 Å². The minimum absolute atomic E-state index is 0.0729. The molecule has 0 bridgehead atoms. The molecule has 5 nitrogen and oxygen atoms in total. The Balaban J connectivity index is 2.03. The zero-order valence-electron chi connectivity index (χ0n) is 13.2. The second-order valence-electron chi connectivity index (χ2n) is 6.19. The number of hydrogen-bond donors (Lipinski definition) is 1. The van der Waals surface area contributed by atoms with E-state index in [0.717, 1.165) is 18.8 Å². The zero-order chi connectivity index (χ0) is 15.4. The number of hydrogen-bond acceptors (Lipinski definition) is 3. The molecule has 0 unspecified atom stereocenters. The summed E-state index contributed by atoms with van der Waals surface area (Å²) in [6.07, 6.45) is 0. The van der Waals surface area contributed by atoms with Crippen molar-refractivity contribution in [1.82, 2.24) is 4.90 Å². The lowest BCUT2D eigenvalue weighted by molar-refractivity contribution is 0.174. The van der Waals surface area contributed by atoms with Crippen LogP contribution in [0.3, 0.4) is 0 Å². The molecule has 0 aliphatic carbocycles. The van der Waals surface area contributed by atoms with Crippen molar-refractivity contribution in [2.75, 3.05) is 25.2 Å². The van der Waals surface area contributed by atoms with Crippen LogP contribution in [0.5, 0.6) is 11.5 Å². The molecule has 0 saturated heterocycles. The van der Waals surface area contributed by atoms with Gasteiger partial charge in [-0.1, -0.05) is 27.7 Å². The van der Waals surface area contributed by atoms with Crippen LogP contribution in [0.15, 0.2) is 18.2 Å². The summed E-state index contributed by atoms with van der Waals surface area (Å²) >= 11 is 0. The van der Waals surface area contributed by atoms with Crippen LogP contribution in [0.1, 0.15) is 27.7 Å². The Kier molecular flexibility index (Phi) is 4.94. The fraction of sp³-hybridized carbons (Fsp3) is 0.562. The highest BCUT2D eigenvalue weighted by atomic mass is 16.7. The quantitative estimate of drug-likeness (QED) is 0.902. The second-order valence-corrected chi connectivity index (χ2v) is 6.19. The van der Waals surface area contributed by atoms with Gasteiger partial charge in [-0.05, 0) is 24.0 Å². The van der Waals surface area contributed by atoms with E-state index in [4.69, 9.17) is 9.47 Å². The van der Waals surface area contributed by atoms with Gasteiger partial charge in [-0.25, -0.2) is 4.79 Å². The smallest absolute Gasteiger partial charge is 0.321 e. The summed E-state index contributed by atoms with van der Waals surface area (Å²) in [6.45, 7) is 10.2. The van der Waals surface area contributed by atoms with Crippen LogP contribution in [0.2, 0.25) is 0 Å². The number of amides is 2. The molecule has 0 saturated carbocycles. The average molecular weight is 292 g/mol. The van der Waals surface area contributed by atoms with E-state index in [1.54, 1.807) is 6.07 Å². The molecule has 0 aromatic heterocycles. The molecule has 1 N–H and O–H groups in total. The molecule has 2 rings (SSSR count). The summed E-state index contributed by atoms with van der Waals surface area (Å²) < 4.78 is 10.6. The van der Waals surface area contributed by atoms with E-state index >= 15 is 0 Å². The van der Waals surface area contributed by atoms with Crippen molar-refractivity contribution < 1.29 is 14.3 Å². The second kappa shape index (κ2) is 6.70. The number of carbonyl (C=O) groups is 1. The van der Waals surface area contributed by atoms with Crippen LogP contribution in [0.4, 0.5) is 10.5 Å². The Morgan fingerprint density at radius 3 is 2.38 bits per heavy atom. The maximum absolute atomic E-state index is 12.4. The Bertz CT molecular complexity index is 490. The topological polar surface area (TPSA) is 50.8 Å². The fourth-order valence-corrected chi connectivity index (χ4v) is 2.30. The number of rotatable bonds is 5. The van der Waals surface area contributed by atoms with E-state index in [1.807, 2.05) is 17.0 Å². The maximum Gasteiger partial charge on any atom is 0.321 e. The van der Waals surface area contributed by atoms with E-state index < -0.39 is 0 Å². The van der Waals surface area contributed by atoms with Crippen molar-refractivity contribution >= 4 is 11.7 Å². The van der Waals surface area contributed by atoms with Gasteiger partial charge in [0, 0.05) is 24.8 Å². The van der Waals surface area contributed by atoms with Gasteiger partial charge >= 0.3 is 6.03 Å². The summed E-state index contributed by atoms with van der Waals surface area (Å²) in [4.78, 5) is 14.3. The Morgan fingerprint density at radius 2 is 1.76 bits per heavy atom. The van der Waals surface area contributed by atoms with Crippen molar-refractivity contribution in [3.8, 4) is 11.5 Å². The third-order valence-corrected chi connectivity index (χ3v) is 3.08. The van der Waals surface area contributed by atoms with Gasteiger partial charge in [0.05, 0.1) is 0 Å². The van der Waals surface area contributed by atoms with Crippen LogP contribution >= 0.6 is 0 Å². The molecule has 1 aliphatic rings. The standard InChI is InChI=1S/C16H24N2O3/c1-11(2)8-18(9-12(3)4)16(19)17-13-5-6-14-15(7-13)21-10-20-14/h5-7,11-12H,8-10H2,1-4H3,(H,17,19). The Labute approximate surface area is 126 Å². The normalized spacial score (nSPS) is 12.9. The van der Waals surface area contributed by atoms with Crippen molar-refractivity contribution in [3.05, 3.63) is 18.2 Å². The highest BCUT2D eigenvalue weighted by Gasteiger charge is 2.18. The number of nitrogens with one attached hydrogen (secondary N) is 1. The van der Waals surface area contributed by atoms with Crippen LogP contribution in [0.25, 0.3) is 0 Å². The third kappa shape index (κ3) is 4.28. The number of ether oxygens (including phenoxy) is 2. The summed E-state index contributed by atoms with van der Waals surface area (Å²) in [6, 6.07) is 5.36. The fourth-order valence-electron chi connectivity index (χ4n) is 2.30. The number of urea groups is 1. The molecular formula is C16H24N2O3. The lowest BCUT2D eigenvalue weighted by atomic mass is 10.1. The van der Waals surface area contributed by atoms with E-state index in [2.05, 4.69) is 33.0 Å². The van der Waals surface area contributed by atoms with Crippen molar-refractivity contribution in [3.63, 3.8) is 0 Å². The van der Waals surface area contributed by atoms with Gasteiger partial charge < -0.3 is 19.7 Å². The molecule has 1 aliphatic heterocycles. The highest BCUT2D eigenvalue weighted by molar-refractivity contribution is 5.89. The number of benzene rings is 1.